The molecular formula is C18H16N2O3. The molecule has 3 heterocycles. The Morgan fingerprint density at radius 3 is 3.04 bits per heavy atom. The number of rotatable bonds is 2. The van der Waals surface area contributed by atoms with E-state index in [1.807, 2.05) is 30.5 Å². The van der Waals surface area contributed by atoms with Crippen LogP contribution in [0, 0.1) is 6.92 Å². The Bertz CT molecular complexity index is 914. The van der Waals surface area contributed by atoms with E-state index in [9.17, 15) is 9.90 Å². The number of hydrogen-bond donors (Lipinski definition) is 1. The monoisotopic (exact) mass is 308 g/mol. The lowest BCUT2D eigenvalue weighted by molar-refractivity contribution is 0.0697. The SMILES string of the molecule is Cc1oc2ccc(N3CCc4ncccc4C3)cc2c1C(=O)O. The van der Waals surface area contributed by atoms with Gasteiger partial charge in [0.05, 0.1) is 0 Å². The molecule has 0 unspecified atom stereocenters. The zero-order valence-electron chi connectivity index (χ0n) is 12.7. The van der Waals surface area contributed by atoms with Crippen LogP contribution in [0.3, 0.4) is 0 Å². The number of nitrogens with zero attached hydrogens (tertiary/aromatic N) is 2. The zero-order chi connectivity index (χ0) is 16.0. The molecule has 4 rings (SSSR count). The zero-order valence-corrected chi connectivity index (χ0v) is 12.7. The molecule has 1 aliphatic rings. The van der Waals surface area contributed by atoms with E-state index in [-0.39, 0.29) is 5.56 Å². The van der Waals surface area contributed by atoms with Crippen LogP contribution in [0.25, 0.3) is 11.0 Å². The molecule has 0 spiro atoms. The summed E-state index contributed by atoms with van der Waals surface area (Å²) in [5, 5.41) is 10.1. The summed E-state index contributed by atoms with van der Waals surface area (Å²) in [5.74, 6) is -0.510. The van der Waals surface area contributed by atoms with Crippen molar-refractivity contribution in [2.45, 2.75) is 19.9 Å². The quantitative estimate of drug-likeness (QED) is 0.786. The van der Waals surface area contributed by atoms with Crippen LogP contribution in [0.1, 0.15) is 27.4 Å². The number of fused-ring (bicyclic) bond motifs is 2. The normalized spacial score (nSPS) is 14.0. The summed E-state index contributed by atoms with van der Waals surface area (Å²) in [7, 11) is 0. The third kappa shape index (κ3) is 2.25. The van der Waals surface area contributed by atoms with E-state index in [0.29, 0.717) is 16.7 Å². The Kier molecular flexibility index (Phi) is 3.08. The highest BCUT2D eigenvalue weighted by Gasteiger charge is 2.21. The molecule has 1 aromatic carbocycles. The van der Waals surface area contributed by atoms with Gasteiger partial charge in [-0.25, -0.2) is 4.79 Å². The van der Waals surface area contributed by atoms with Gasteiger partial charge in [0.15, 0.2) is 0 Å². The van der Waals surface area contributed by atoms with Gasteiger partial charge in [0.1, 0.15) is 16.9 Å². The molecule has 0 amide bonds. The first-order chi connectivity index (χ1) is 11.1. The Morgan fingerprint density at radius 1 is 1.35 bits per heavy atom. The predicted molar refractivity (Wildman–Crippen MR) is 86.9 cm³/mol. The third-order valence-corrected chi connectivity index (χ3v) is 4.39. The molecule has 1 N–H and O–H groups in total. The molecule has 5 heteroatoms. The van der Waals surface area contributed by atoms with E-state index >= 15 is 0 Å². The minimum atomic E-state index is -0.952. The van der Waals surface area contributed by atoms with Gasteiger partial charge >= 0.3 is 5.97 Å². The van der Waals surface area contributed by atoms with E-state index in [1.165, 1.54) is 5.56 Å². The van der Waals surface area contributed by atoms with Crippen molar-refractivity contribution in [2.24, 2.45) is 0 Å². The first kappa shape index (κ1) is 13.8. The van der Waals surface area contributed by atoms with Crippen molar-refractivity contribution in [3.8, 4) is 0 Å². The minimum absolute atomic E-state index is 0.251. The molecule has 0 saturated heterocycles. The molecule has 0 aliphatic carbocycles. The highest BCUT2D eigenvalue weighted by atomic mass is 16.4. The van der Waals surface area contributed by atoms with Crippen LogP contribution >= 0.6 is 0 Å². The number of furan rings is 1. The number of carbonyl (C=O) groups is 1. The number of hydrogen-bond acceptors (Lipinski definition) is 4. The summed E-state index contributed by atoms with van der Waals surface area (Å²) >= 11 is 0. The van der Waals surface area contributed by atoms with E-state index < -0.39 is 5.97 Å². The Morgan fingerprint density at radius 2 is 2.22 bits per heavy atom. The van der Waals surface area contributed by atoms with Gasteiger partial charge < -0.3 is 14.4 Å². The molecule has 1 aliphatic heterocycles. The maximum absolute atomic E-state index is 11.5. The second-order valence-electron chi connectivity index (χ2n) is 5.80. The number of carboxylic acid groups (broad SMARTS) is 1. The van der Waals surface area contributed by atoms with Crippen molar-refractivity contribution in [3.05, 3.63) is 59.1 Å². The molecule has 0 radical (unpaired) electrons. The first-order valence-electron chi connectivity index (χ1n) is 7.57. The van der Waals surface area contributed by atoms with Crippen LogP contribution in [-0.2, 0) is 13.0 Å². The minimum Gasteiger partial charge on any atom is -0.478 e. The van der Waals surface area contributed by atoms with Crippen molar-refractivity contribution < 1.29 is 14.3 Å². The summed E-state index contributed by atoms with van der Waals surface area (Å²) < 4.78 is 5.55. The fourth-order valence-electron chi connectivity index (χ4n) is 3.26. The van der Waals surface area contributed by atoms with E-state index in [4.69, 9.17) is 4.42 Å². The summed E-state index contributed by atoms with van der Waals surface area (Å²) in [6.45, 7) is 3.34. The van der Waals surface area contributed by atoms with Crippen LogP contribution in [0.15, 0.2) is 40.9 Å². The average Bonchev–Trinajstić information content (AvgIpc) is 2.89. The second-order valence-corrected chi connectivity index (χ2v) is 5.80. The highest BCUT2D eigenvalue weighted by Crippen LogP contribution is 2.31. The van der Waals surface area contributed by atoms with Crippen LogP contribution in [0.2, 0.25) is 0 Å². The van der Waals surface area contributed by atoms with Gasteiger partial charge in [-0.2, -0.15) is 0 Å². The summed E-state index contributed by atoms with van der Waals surface area (Å²) in [4.78, 5) is 18.1. The number of benzene rings is 1. The Hall–Kier alpha value is -2.82. The predicted octanol–water partition coefficient (Wildman–Crippen LogP) is 3.40. The number of anilines is 1. The number of aromatic nitrogens is 1. The lowest BCUT2D eigenvalue weighted by atomic mass is 10.0. The molecular weight excluding hydrogens is 292 g/mol. The maximum Gasteiger partial charge on any atom is 0.339 e. The van der Waals surface area contributed by atoms with Crippen LogP contribution in [-0.4, -0.2) is 22.6 Å². The molecule has 116 valence electrons. The number of carboxylic acids is 1. The molecule has 5 nitrogen and oxygen atoms in total. The summed E-state index contributed by atoms with van der Waals surface area (Å²) in [5.41, 5.74) is 4.25. The largest absolute Gasteiger partial charge is 0.478 e. The van der Waals surface area contributed by atoms with Gasteiger partial charge in [0.2, 0.25) is 0 Å². The van der Waals surface area contributed by atoms with Gasteiger partial charge in [-0.05, 0) is 36.8 Å². The van der Waals surface area contributed by atoms with Gasteiger partial charge in [0, 0.05) is 42.5 Å². The number of aromatic carboxylic acids is 1. The molecule has 23 heavy (non-hydrogen) atoms. The van der Waals surface area contributed by atoms with Crippen molar-refractivity contribution in [1.29, 1.82) is 0 Å². The fraction of sp³-hybridized carbons (Fsp3) is 0.222. The average molecular weight is 308 g/mol. The molecule has 0 saturated carbocycles. The summed E-state index contributed by atoms with van der Waals surface area (Å²) in [6.07, 6.45) is 2.72. The van der Waals surface area contributed by atoms with Crippen molar-refractivity contribution in [2.75, 3.05) is 11.4 Å². The molecule has 2 aromatic heterocycles. The topological polar surface area (TPSA) is 66.6 Å². The molecule has 0 atom stereocenters. The molecule has 0 fully saturated rings. The van der Waals surface area contributed by atoms with Crippen LogP contribution in [0.4, 0.5) is 5.69 Å². The van der Waals surface area contributed by atoms with Gasteiger partial charge in [0.25, 0.3) is 0 Å². The highest BCUT2D eigenvalue weighted by molar-refractivity contribution is 6.04. The van der Waals surface area contributed by atoms with Crippen molar-refractivity contribution >= 4 is 22.6 Å². The van der Waals surface area contributed by atoms with Crippen LogP contribution in [0.5, 0.6) is 0 Å². The fourth-order valence-corrected chi connectivity index (χ4v) is 3.26. The van der Waals surface area contributed by atoms with Crippen molar-refractivity contribution in [1.82, 2.24) is 4.98 Å². The lowest BCUT2D eigenvalue weighted by Crippen LogP contribution is -2.30. The standard InChI is InChI=1S/C18H16N2O3/c1-11-17(18(21)22)14-9-13(4-5-16(14)23-11)20-8-6-15-12(10-20)3-2-7-19-15/h2-5,7,9H,6,8,10H2,1H3,(H,21,22). The number of aryl methyl sites for hydroxylation is 1. The van der Waals surface area contributed by atoms with Crippen LogP contribution < -0.4 is 4.90 Å². The maximum atomic E-state index is 11.5. The summed E-state index contributed by atoms with van der Waals surface area (Å²) in [6, 6.07) is 9.79. The van der Waals surface area contributed by atoms with Crippen molar-refractivity contribution in [3.63, 3.8) is 0 Å². The van der Waals surface area contributed by atoms with Gasteiger partial charge in [-0.1, -0.05) is 6.07 Å². The van der Waals surface area contributed by atoms with E-state index in [1.54, 1.807) is 6.92 Å². The Balaban J connectivity index is 1.75. The smallest absolute Gasteiger partial charge is 0.339 e. The van der Waals surface area contributed by atoms with E-state index in [0.717, 1.165) is 30.9 Å². The number of pyridine rings is 1. The molecule has 0 bridgehead atoms. The first-order valence-corrected chi connectivity index (χ1v) is 7.57. The lowest BCUT2D eigenvalue weighted by Gasteiger charge is -2.30. The second kappa shape index (κ2) is 5.12. The Labute approximate surface area is 133 Å². The van der Waals surface area contributed by atoms with Gasteiger partial charge in [-0.3, -0.25) is 4.98 Å². The third-order valence-electron chi connectivity index (χ3n) is 4.39. The van der Waals surface area contributed by atoms with Gasteiger partial charge in [-0.15, -0.1) is 0 Å². The molecule has 3 aromatic rings. The van der Waals surface area contributed by atoms with E-state index in [2.05, 4.69) is 16.0 Å².